The van der Waals surface area contributed by atoms with Crippen molar-refractivity contribution in [3.63, 3.8) is 0 Å². The molecule has 2 rings (SSSR count). The van der Waals surface area contributed by atoms with Gasteiger partial charge in [-0.05, 0) is 41.8 Å². The molecule has 0 saturated heterocycles. The number of carboxylic acids is 1. The molecule has 21 heavy (non-hydrogen) atoms. The zero-order valence-electron chi connectivity index (χ0n) is 12.0. The Bertz CT molecular complexity index is 652. The molecule has 0 radical (unpaired) electrons. The van der Waals surface area contributed by atoms with Gasteiger partial charge in [-0.25, -0.2) is 4.39 Å². The minimum Gasteiger partial charge on any atom is -0.496 e. The third-order valence-electron chi connectivity index (χ3n) is 3.45. The highest BCUT2D eigenvalue weighted by Gasteiger charge is 2.19. The van der Waals surface area contributed by atoms with Crippen molar-refractivity contribution in [2.45, 2.75) is 19.3 Å². The first-order valence-corrected chi connectivity index (χ1v) is 6.63. The van der Waals surface area contributed by atoms with Crippen molar-refractivity contribution in [1.82, 2.24) is 0 Å². The molecule has 0 aliphatic carbocycles. The normalized spacial score (nSPS) is 12.0. The lowest BCUT2D eigenvalue weighted by molar-refractivity contribution is -0.137. The molecule has 0 aromatic heterocycles. The fraction of sp³-hybridized carbons (Fsp3) is 0.235. The van der Waals surface area contributed by atoms with Gasteiger partial charge in [-0.3, -0.25) is 4.79 Å². The number of ether oxygens (including phenoxy) is 1. The van der Waals surface area contributed by atoms with E-state index in [0.717, 1.165) is 16.9 Å². The minimum atomic E-state index is -0.919. The fourth-order valence-electron chi connectivity index (χ4n) is 2.44. The number of carboxylic acid groups (broad SMARTS) is 1. The van der Waals surface area contributed by atoms with E-state index in [9.17, 15) is 9.18 Å². The molecule has 0 bridgehead atoms. The number of aliphatic carboxylic acids is 1. The highest BCUT2D eigenvalue weighted by Crippen LogP contribution is 2.31. The monoisotopic (exact) mass is 288 g/mol. The molecule has 0 heterocycles. The van der Waals surface area contributed by atoms with Crippen molar-refractivity contribution in [2.24, 2.45) is 0 Å². The van der Waals surface area contributed by atoms with Gasteiger partial charge in [0.1, 0.15) is 11.6 Å². The third kappa shape index (κ3) is 3.60. The Morgan fingerprint density at radius 3 is 2.52 bits per heavy atom. The Hall–Kier alpha value is -2.36. The number of halogens is 1. The summed E-state index contributed by atoms with van der Waals surface area (Å²) in [7, 11) is 1.59. The van der Waals surface area contributed by atoms with Crippen molar-refractivity contribution in [1.29, 1.82) is 0 Å². The average Bonchev–Trinajstić information content (AvgIpc) is 2.44. The third-order valence-corrected chi connectivity index (χ3v) is 3.45. The zero-order valence-corrected chi connectivity index (χ0v) is 12.0. The van der Waals surface area contributed by atoms with Crippen LogP contribution in [-0.2, 0) is 4.79 Å². The Balaban J connectivity index is 2.45. The van der Waals surface area contributed by atoms with Crippen molar-refractivity contribution in [3.05, 3.63) is 65.0 Å². The van der Waals surface area contributed by atoms with Crippen molar-refractivity contribution in [2.75, 3.05) is 7.11 Å². The summed E-state index contributed by atoms with van der Waals surface area (Å²) in [5.41, 5.74) is 2.41. The van der Waals surface area contributed by atoms with E-state index in [1.807, 2.05) is 19.1 Å². The molecule has 1 unspecified atom stereocenters. The maximum absolute atomic E-state index is 13.4. The molecule has 0 fully saturated rings. The van der Waals surface area contributed by atoms with Gasteiger partial charge >= 0.3 is 5.97 Å². The van der Waals surface area contributed by atoms with E-state index in [-0.39, 0.29) is 18.2 Å². The van der Waals surface area contributed by atoms with E-state index in [4.69, 9.17) is 9.84 Å². The molecule has 0 aliphatic rings. The van der Waals surface area contributed by atoms with Gasteiger partial charge < -0.3 is 9.84 Å². The Labute approximate surface area is 123 Å². The lowest BCUT2D eigenvalue weighted by Gasteiger charge is -2.17. The second-order valence-electron chi connectivity index (χ2n) is 4.93. The van der Waals surface area contributed by atoms with Crippen LogP contribution in [0.3, 0.4) is 0 Å². The summed E-state index contributed by atoms with van der Waals surface area (Å²) >= 11 is 0. The van der Waals surface area contributed by atoms with Crippen molar-refractivity contribution in [3.8, 4) is 5.75 Å². The van der Waals surface area contributed by atoms with E-state index in [2.05, 4.69) is 0 Å². The minimum absolute atomic E-state index is 0.0881. The number of hydrogen-bond acceptors (Lipinski definition) is 2. The van der Waals surface area contributed by atoms with Gasteiger partial charge in [-0.2, -0.15) is 0 Å². The van der Waals surface area contributed by atoms with Gasteiger partial charge in [0, 0.05) is 5.92 Å². The van der Waals surface area contributed by atoms with Crippen LogP contribution in [0, 0.1) is 12.7 Å². The van der Waals surface area contributed by atoms with E-state index in [1.165, 1.54) is 12.1 Å². The van der Waals surface area contributed by atoms with Gasteiger partial charge in [0.25, 0.3) is 0 Å². The summed E-state index contributed by atoms with van der Waals surface area (Å²) in [6.45, 7) is 1.89. The predicted octanol–water partition coefficient (Wildman–Crippen LogP) is 3.75. The summed E-state index contributed by atoms with van der Waals surface area (Å²) in [5, 5.41) is 9.13. The molecule has 3 nitrogen and oxygen atoms in total. The van der Waals surface area contributed by atoms with Gasteiger partial charge in [-0.15, -0.1) is 0 Å². The average molecular weight is 288 g/mol. The van der Waals surface area contributed by atoms with Crippen LogP contribution < -0.4 is 4.74 Å². The molecular formula is C17H17FO3. The van der Waals surface area contributed by atoms with Crippen LogP contribution in [0.25, 0.3) is 0 Å². The molecule has 4 heteroatoms. The molecule has 0 saturated carbocycles. The van der Waals surface area contributed by atoms with Crippen molar-refractivity contribution >= 4 is 5.97 Å². The largest absolute Gasteiger partial charge is 0.496 e. The van der Waals surface area contributed by atoms with Gasteiger partial charge in [0.2, 0.25) is 0 Å². The molecular weight excluding hydrogens is 271 g/mol. The molecule has 110 valence electrons. The molecule has 1 atom stereocenters. The van der Waals surface area contributed by atoms with Crippen LogP contribution in [0.1, 0.15) is 29.0 Å². The number of aryl methyl sites for hydroxylation is 1. The second kappa shape index (κ2) is 6.39. The standard InChI is InChI=1S/C17H17FO3/c1-11-8-13(6-7-16(11)21-2)15(10-17(19)20)12-4-3-5-14(18)9-12/h3-9,15H,10H2,1-2H3,(H,19,20). The van der Waals surface area contributed by atoms with E-state index in [1.54, 1.807) is 25.3 Å². The first-order valence-electron chi connectivity index (χ1n) is 6.63. The van der Waals surface area contributed by atoms with Gasteiger partial charge in [-0.1, -0.05) is 24.3 Å². The number of hydrogen-bond donors (Lipinski definition) is 1. The quantitative estimate of drug-likeness (QED) is 0.911. The number of benzene rings is 2. The maximum Gasteiger partial charge on any atom is 0.304 e. The summed E-state index contributed by atoms with van der Waals surface area (Å²) in [6, 6.07) is 11.6. The Morgan fingerprint density at radius 2 is 1.95 bits per heavy atom. The smallest absolute Gasteiger partial charge is 0.304 e. The molecule has 2 aromatic carbocycles. The van der Waals surface area contributed by atoms with E-state index in [0.29, 0.717) is 5.56 Å². The van der Waals surface area contributed by atoms with Crippen LogP contribution >= 0.6 is 0 Å². The Kier molecular flexibility index (Phi) is 4.58. The summed E-state index contributed by atoms with van der Waals surface area (Å²) in [4.78, 5) is 11.1. The SMILES string of the molecule is COc1ccc(C(CC(=O)O)c2cccc(F)c2)cc1C. The van der Waals surface area contributed by atoms with E-state index < -0.39 is 5.97 Å². The summed E-state index contributed by atoms with van der Waals surface area (Å²) in [6.07, 6.45) is -0.0881. The predicted molar refractivity (Wildman–Crippen MR) is 78.2 cm³/mol. The van der Waals surface area contributed by atoms with Crippen LogP contribution in [0.15, 0.2) is 42.5 Å². The number of methoxy groups -OCH3 is 1. The Morgan fingerprint density at radius 1 is 1.24 bits per heavy atom. The number of rotatable bonds is 5. The van der Waals surface area contributed by atoms with Crippen LogP contribution in [0.2, 0.25) is 0 Å². The first kappa shape index (κ1) is 15.0. The second-order valence-corrected chi connectivity index (χ2v) is 4.93. The lowest BCUT2D eigenvalue weighted by atomic mass is 9.87. The summed E-state index contributed by atoms with van der Waals surface area (Å²) < 4.78 is 18.6. The fourth-order valence-corrected chi connectivity index (χ4v) is 2.44. The molecule has 2 aromatic rings. The molecule has 0 spiro atoms. The highest BCUT2D eigenvalue weighted by molar-refractivity contribution is 5.69. The topological polar surface area (TPSA) is 46.5 Å². The highest BCUT2D eigenvalue weighted by atomic mass is 19.1. The van der Waals surface area contributed by atoms with Crippen LogP contribution in [-0.4, -0.2) is 18.2 Å². The van der Waals surface area contributed by atoms with Gasteiger partial charge in [0.15, 0.2) is 0 Å². The molecule has 0 aliphatic heterocycles. The number of carbonyl (C=O) groups is 1. The maximum atomic E-state index is 13.4. The molecule has 1 N–H and O–H groups in total. The lowest BCUT2D eigenvalue weighted by Crippen LogP contribution is -2.08. The summed E-state index contributed by atoms with van der Waals surface area (Å²) in [5.74, 6) is -0.930. The van der Waals surface area contributed by atoms with E-state index >= 15 is 0 Å². The van der Waals surface area contributed by atoms with Crippen LogP contribution in [0.4, 0.5) is 4.39 Å². The van der Waals surface area contributed by atoms with Crippen molar-refractivity contribution < 1.29 is 19.0 Å². The first-order chi connectivity index (χ1) is 10.0. The van der Waals surface area contributed by atoms with Gasteiger partial charge in [0.05, 0.1) is 13.5 Å². The molecule has 0 amide bonds. The van der Waals surface area contributed by atoms with Crippen LogP contribution in [0.5, 0.6) is 5.75 Å². The zero-order chi connectivity index (χ0) is 15.4.